The molecule has 2 aromatic rings. The molecule has 1 amide bonds. The van der Waals surface area contributed by atoms with Crippen LogP contribution in [0.2, 0.25) is 0 Å². The molecule has 0 bridgehead atoms. The molecule has 2 atom stereocenters. The van der Waals surface area contributed by atoms with E-state index in [-0.39, 0.29) is 11.8 Å². The number of thiazole rings is 1. The second-order valence-electron chi connectivity index (χ2n) is 6.31. The molecule has 0 spiro atoms. The van der Waals surface area contributed by atoms with Crippen molar-refractivity contribution in [2.45, 2.75) is 25.2 Å². The molecule has 0 N–H and O–H groups in total. The van der Waals surface area contributed by atoms with E-state index in [1.807, 2.05) is 34.7 Å². The smallest absolute Gasteiger partial charge is 0.229 e. The first-order valence-electron chi connectivity index (χ1n) is 8.20. The summed E-state index contributed by atoms with van der Waals surface area (Å²) in [4.78, 5) is 19.4. The summed E-state index contributed by atoms with van der Waals surface area (Å²) in [6, 6.07) is 8.03. The Bertz CT molecular complexity index is 686. The largest absolute Gasteiger partial charge is 0.492 e. The summed E-state index contributed by atoms with van der Waals surface area (Å²) in [7, 11) is 0. The van der Waals surface area contributed by atoms with Crippen molar-refractivity contribution in [2.75, 3.05) is 19.7 Å². The molecule has 1 aromatic carbocycles. The number of rotatable bonds is 2. The highest BCUT2D eigenvalue weighted by atomic mass is 32.1. The monoisotopic (exact) mass is 328 g/mol. The summed E-state index contributed by atoms with van der Waals surface area (Å²) in [5.41, 5.74) is 1.14. The van der Waals surface area contributed by atoms with Crippen LogP contribution in [0.5, 0.6) is 5.75 Å². The highest BCUT2D eigenvalue weighted by molar-refractivity contribution is 7.09. The predicted octanol–water partition coefficient (Wildman–Crippen LogP) is 3.10. The fourth-order valence-corrected chi connectivity index (χ4v) is 4.33. The van der Waals surface area contributed by atoms with Gasteiger partial charge in [0.1, 0.15) is 12.4 Å². The summed E-state index contributed by atoms with van der Waals surface area (Å²) in [6.45, 7) is 2.15. The minimum atomic E-state index is -0.0556. The highest BCUT2D eigenvalue weighted by Gasteiger charge is 2.33. The van der Waals surface area contributed by atoms with Crippen LogP contribution in [0.4, 0.5) is 0 Å². The van der Waals surface area contributed by atoms with Crippen LogP contribution >= 0.6 is 11.3 Å². The number of benzene rings is 1. The first-order chi connectivity index (χ1) is 11.3. The van der Waals surface area contributed by atoms with Crippen molar-refractivity contribution in [2.24, 2.45) is 5.92 Å². The summed E-state index contributed by atoms with van der Waals surface area (Å²) < 4.78 is 5.79. The van der Waals surface area contributed by atoms with Gasteiger partial charge in [0.2, 0.25) is 5.91 Å². The van der Waals surface area contributed by atoms with E-state index in [2.05, 4.69) is 11.1 Å². The van der Waals surface area contributed by atoms with E-state index in [9.17, 15) is 4.79 Å². The number of ether oxygens (including phenoxy) is 1. The molecule has 2 aliphatic heterocycles. The fourth-order valence-electron chi connectivity index (χ4n) is 3.56. The molecule has 4 rings (SSSR count). The lowest BCUT2D eigenvalue weighted by Crippen LogP contribution is -2.45. The molecule has 1 saturated heterocycles. The minimum absolute atomic E-state index is 0.0556. The van der Waals surface area contributed by atoms with Crippen LogP contribution < -0.4 is 4.74 Å². The minimum Gasteiger partial charge on any atom is -0.492 e. The van der Waals surface area contributed by atoms with Gasteiger partial charge in [-0.1, -0.05) is 18.2 Å². The number of hydrogen-bond donors (Lipinski definition) is 0. The number of aromatic nitrogens is 1. The molecule has 3 heterocycles. The van der Waals surface area contributed by atoms with Crippen molar-refractivity contribution >= 4 is 17.2 Å². The highest BCUT2D eigenvalue weighted by Crippen LogP contribution is 2.31. The van der Waals surface area contributed by atoms with E-state index in [0.717, 1.165) is 48.7 Å². The van der Waals surface area contributed by atoms with Crippen molar-refractivity contribution in [3.63, 3.8) is 0 Å². The zero-order valence-corrected chi connectivity index (χ0v) is 13.8. The van der Waals surface area contributed by atoms with Crippen LogP contribution in [0.1, 0.15) is 29.3 Å². The van der Waals surface area contributed by atoms with Gasteiger partial charge in [-0.05, 0) is 30.9 Å². The Morgan fingerprint density at radius 2 is 2.26 bits per heavy atom. The number of carbonyl (C=O) groups is 1. The van der Waals surface area contributed by atoms with Crippen molar-refractivity contribution in [3.05, 3.63) is 46.4 Å². The SMILES string of the molecule is O=C(C1COc2ccccc2C1)N1CCCC(c2nccs2)C1. The molecule has 0 saturated carbocycles. The van der Waals surface area contributed by atoms with Gasteiger partial charge in [-0.3, -0.25) is 4.79 Å². The number of carbonyl (C=O) groups excluding carboxylic acids is 1. The van der Waals surface area contributed by atoms with Crippen LogP contribution in [0.3, 0.4) is 0 Å². The van der Waals surface area contributed by atoms with Gasteiger partial charge in [-0.25, -0.2) is 4.98 Å². The van der Waals surface area contributed by atoms with Crippen LogP contribution in [0, 0.1) is 5.92 Å². The molecule has 5 heteroatoms. The first-order valence-corrected chi connectivity index (χ1v) is 9.08. The van der Waals surface area contributed by atoms with Gasteiger partial charge in [-0.15, -0.1) is 11.3 Å². The molecule has 0 radical (unpaired) electrons. The third kappa shape index (κ3) is 2.98. The third-order valence-corrected chi connectivity index (χ3v) is 5.70. The molecule has 1 fully saturated rings. The van der Waals surface area contributed by atoms with Gasteiger partial charge in [0.05, 0.1) is 10.9 Å². The topological polar surface area (TPSA) is 42.4 Å². The van der Waals surface area contributed by atoms with Crippen LogP contribution in [0.25, 0.3) is 0 Å². The lowest BCUT2D eigenvalue weighted by molar-refractivity contribution is -0.138. The van der Waals surface area contributed by atoms with Gasteiger partial charge in [0, 0.05) is 30.6 Å². The number of likely N-dealkylation sites (tertiary alicyclic amines) is 1. The molecule has 4 nitrogen and oxygen atoms in total. The van der Waals surface area contributed by atoms with Gasteiger partial charge < -0.3 is 9.64 Å². The van der Waals surface area contributed by atoms with Crippen molar-refractivity contribution in [1.29, 1.82) is 0 Å². The average Bonchev–Trinajstić information content (AvgIpc) is 3.15. The molecular formula is C18H20N2O2S. The normalized spacial score (nSPS) is 23.9. The van der Waals surface area contributed by atoms with E-state index in [4.69, 9.17) is 4.74 Å². The van der Waals surface area contributed by atoms with E-state index in [0.29, 0.717) is 12.5 Å². The predicted molar refractivity (Wildman–Crippen MR) is 89.8 cm³/mol. The van der Waals surface area contributed by atoms with Crippen LogP contribution in [0.15, 0.2) is 35.8 Å². The van der Waals surface area contributed by atoms with Gasteiger partial charge in [0.15, 0.2) is 0 Å². The standard InChI is InChI=1S/C18H20N2O2S/c21-18(15-10-13-4-1-2-6-16(13)22-12-15)20-8-3-5-14(11-20)17-19-7-9-23-17/h1-2,4,6-7,9,14-15H,3,5,8,10-12H2. The van der Waals surface area contributed by atoms with E-state index < -0.39 is 0 Å². The van der Waals surface area contributed by atoms with Gasteiger partial charge in [-0.2, -0.15) is 0 Å². The molecule has 23 heavy (non-hydrogen) atoms. The quantitative estimate of drug-likeness (QED) is 0.851. The fraction of sp³-hybridized carbons (Fsp3) is 0.444. The number of amides is 1. The van der Waals surface area contributed by atoms with Crippen molar-refractivity contribution in [1.82, 2.24) is 9.88 Å². The number of piperidine rings is 1. The van der Waals surface area contributed by atoms with Crippen LogP contribution in [-0.4, -0.2) is 35.5 Å². The first kappa shape index (κ1) is 14.7. The molecule has 120 valence electrons. The van der Waals surface area contributed by atoms with E-state index >= 15 is 0 Å². The Kier molecular flexibility index (Phi) is 4.04. The van der Waals surface area contributed by atoms with E-state index in [1.54, 1.807) is 11.3 Å². The average molecular weight is 328 g/mol. The Labute approximate surface area is 140 Å². The maximum atomic E-state index is 12.9. The number of para-hydroxylation sites is 1. The summed E-state index contributed by atoms with van der Waals surface area (Å²) in [5, 5.41) is 3.18. The Balaban J connectivity index is 1.45. The van der Waals surface area contributed by atoms with Crippen LogP contribution in [-0.2, 0) is 11.2 Å². The number of fused-ring (bicyclic) bond motifs is 1. The summed E-state index contributed by atoms with van der Waals surface area (Å²) >= 11 is 1.70. The Morgan fingerprint density at radius 1 is 1.35 bits per heavy atom. The zero-order valence-electron chi connectivity index (χ0n) is 13.0. The van der Waals surface area contributed by atoms with Gasteiger partial charge in [0.25, 0.3) is 0 Å². The van der Waals surface area contributed by atoms with Crippen molar-refractivity contribution in [3.8, 4) is 5.75 Å². The number of nitrogens with zero attached hydrogens (tertiary/aromatic N) is 2. The molecule has 1 aromatic heterocycles. The Hall–Kier alpha value is -1.88. The van der Waals surface area contributed by atoms with Crippen molar-refractivity contribution < 1.29 is 9.53 Å². The van der Waals surface area contributed by atoms with E-state index in [1.165, 1.54) is 0 Å². The zero-order chi connectivity index (χ0) is 15.6. The Morgan fingerprint density at radius 3 is 3.13 bits per heavy atom. The second kappa shape index (κ2) is 6.32. The van der Waals surface area contributed by atoms with Gasteiger partial charge >= 0.3 is 0 Å². The molecule has 2 unspecified atom stereocenters. The summed E-state index contributed by atoms with van der Waals surface area (Å²) in [6.07, 6.45) is 4.82. The molecular weight excluding hydrogens is 308 g/mol. The molecule has 2 aliphatic rings. The summed E-state index contributed by atoms with van der Waals surface area (Å²) in [5.74, 6) is 1.50. The molecule has 0 aliphatic carbocycles. The maximum Gasteiger partial charge on any atom is 0.229 e. The maximum absolute atomic E-state index is 12.9. The lowest BCUT2D eigenvalue weighted by Gasteiger charge is -2.35. The lowest BCUT2D eigenvalue weighted by atomic mass is 9.93. The third-order valence-electron chi connectivity index (χ3n) is 4.76. The second-order valence-corrected chi connectivity index (χ2v) is 7.24. The number of hydrogen-bond acceptors (Lipinski definition) is 4.